The smallest absolute Gasteiger partial charge is 0.248 e. The van der Waals surface area contributed by atoms with E-state index in [9.17, 15) is 27.5 Å². The fraction of sp³-hybridized carbons (Fsp3) is 0.357. The molecule has 1 aliphatic rings. The van der Waals surface area contributed by atoms with Gasteiger partial charge in [-0.05, 0) is 61.2 Å². The van der Waals surface area contributed by atoms with Crippen LogP contribution in [0.2, 0.25) is 0 Å². The third kappa shape index (κ3) is 6.61. The van der Waals surface area contributed by atoms with Crippen molar-refractivity contribution >= 4 is 17.3 Å². The van der Waals surface area contributed by atoms with Crippen molar-refractivity contribution in [2.45, 2.75) is 56.8 Å². The lowest BCUT2D eigenvalue weighted by Gasteiger charge is -2.39. The molecule has 0 bridgehead atoms. The highest BCUT2D eigenvalue weighted by Gasteiger charge is 2.38. The molecule has 0 radical (unpaired) electrons. The zero-order valence-corrected chi connectivity index (χ0v) is 20.9. The quantitative estimate of drug-likeness (QED) is 0.198. The summed E-state index contributed by atoms with van der Waals surface area (Å²) < 4.78 is 55.9. The number of anilines is 2. The van der Waals surface area contributed by atoms with Crippen LogP contribution in [0.15, 0.2) is 66.9 Å². The van der Waals surface area contributed by atoms with E-state index in [2.05, 4.69) is 15.6 Å². The maximum absolute atomic E-state index is 14.3. The van der Waals surface area contributed by atoms with Crippen LogP contribution < -0.4 is 15.5 Å². The van der Waals surface area contributed by atoms with E-state index < -0.39 is 41.9 Å². The minimum atomic E-state index is -2.76. The predicted octanol–water partition coefficient (Wildman–Crippen LogP) is 5.34. The average molecular weight is 531 g/mol. The highest BCUT2D eigenvalue weighted by molar-refractivity contribution is 5.87. The molecule has 202 valence electrons. The number of aryl methyl sites for hydroxylation is 1. The Kier molecular flexibility index (Phi) is 8.51. The lowest BCUT2D eigenvalue weighted by Crippen LogP contribution is -2.51. The molecule has 2 unspecified atom stereocenters. The number of nitrogens with one attached hydrogen (secondary N) is 2. The number of halogens is 4. The zero-order chi connectivity index (χ0) is 27.3. The molecule has 1 fully saturated rings. The average Bonchev–Trinajstić information content (AvgIpc) is 2.88. The Balaban J connectivity index is 1.69. The number of benzene rings is 2. The van der Waals surface area contributed by atoms with Crippen LogP contribution in [0.5, 0.6) is 0 Å². The molecule has 38 heavy (non-hydrogen) atoms. The van der Waals surface area contributed by atoms with Crippen molar-refractivity contribution in [1.82, 2.24) is 10.3 Å². The number of hydrogen-bond donors (Lipinski definition) is 3. The standard InChI is InChI=1S/C28H30F4N4O2/c1-18-6-2-3-9-22(18)25(27(38)35-20-11-13-28(31,32)14-12-20)36(21-8-4-7-19(29)16-21)24(37)17-34-23-10-5-15-33-26(23)30/h2-10,15-16,20,24-25,34,37H,11-14,17H2,1H3,(H,35,38). The number of hydrogen-bond acceptors (Lipinski definition) is 5. The first kappa shape index (κ1) is 27.4. The van der Waals surface area contributed by atoms with Gasteiger partial charge in [0.25, 0.3) is 0 Å². The molecule has 0 aliphatic heterocycles. The molecule has 2 aromatic carbocycles. The first-order valence-electron chi connectivity index (χ1n) is 12.4. The molecule has 1 saturated carbocycles. The minimum absolute atomic E-state index is 0.0470. The van der Waals surface area contributed by atoms with E-state index in [1.165, 1.54) is 41.4 Å². The van der Waals surface area contributed by atoms with Crippen molar-refractivity contribution < 1.29 is 27.5 Å². The van der Waals surface area contributed by atoms with Gasteiger partial charge in [-0.15, -0.1) is 0 Å². The molecule has 2 atom stereocenters. The number of aliphatic hydroxyl groups excluding tert-OH is 1. The van der Waals surface area contributed by atoms with Gasteiger partial charge >= 0.3 is 0 Å². The lowest BCUT2D eigenvalue weighted by atomic mass is 9.91. The van der Waals surface area contributed by atoms with Gasteiger partial charge in [0.1, 0.15) is 18.1 Å². The zero-order valence-electron chi connectivity index (χ0n) is 20.9. The second-order valence-electron chi connectivity index (χ2n) is 9.49. The first-order valence-corrected chi connectivity index (χ1v) is 12.4. The van der Waals surface area contributed by atoms with Gasteiger partial charge in [-0.3, -0.25) is 4.79 Å². The molecular formula is C28H30F4N4O2. The largest absolute Gasteiger partial charge is 0.377 e. The number of carbonyl (C=O) groups is 1. The molecule has 3 N–H and O–H groups in total. The summed E-state index contributed by atoms with van der Waals surface area (Å²) >= 11 is 0. The summed E-state index contributed by atoms with van der Waals surface area (Å²) in [6.07, 6.45) is -0.571. The number of pyridine rings is 1. The van der Waals surface area contributed by atoms with Gasteiger partial charge in [-0.1, -0.05) is 30.3 Å². The van der Waals surface area contributed by atoms with Gasteiger partial charge in [0.15, 0.2) is 0 Å². The maximum atomic E-state index is 14.3. The number of nitrogens with zero attached hydrogens (tertiary/aromatic N) is 2. The lowest BCUT2D eigenvalue weighted by molar-refractivity contribution is -0.125. The van der Waals surface area contributed by atoms with E-state index in [1.54, 1.807) is 37.3 Å². The van der Waals surface area contributed by atoms with Crippen LogP contribution in [0.4, 0.5) is 28.9 Å². The second kappa shape index (κ2) is 11.8. The summed E-state index contributed by atoms with van der Waals surface area (Å²) in [5, 5.41) is 17.0. The van der Waals surface area contributed by atoms with Gasteiger partial charge in [0.05, 0.1) is 12.2 Å². The molecule has 1 heterocycles. The van der Waals surface area contributed by atoms with Crippen molar-refractivity contribution in [3.8, 4) is 0 Å². The van der Waals surface area contributed by atoms with Crippen molar-refractivity contribution in [3.05, 3.63) is 89.8 Å². The van der Waals surface area contributed by atoms with Crippen LogP contribution in [0.3, 0.4) is 0 Å². The summed E-state index contributed by atoms with van der Waals surface area (Å²) in [7, 11) is 0. The Labute approximate surface area is 218 Å². The van der Waals surface area contributed by atoms with E-state index in [0.29, 0.717) is 5.56 Å². The summed E-state index contributed by atoms with van der Waals surface area (Å²) in [6, 6.07) is 13.9. The van der Waals surface area contributed by atoms with Gasteiger partial charge in [-0.25, -0.2) is 18.2 Å². The Morgan fingerprint density at radius 2 is 1.84 bits per heavy atom. The van der Waals surface area contributed by atoms with Crippen molar-refractivity contribution in [2.24, 2.45) is 0 Å². The molecule has 4 rings (SSSR count). The first-order chi connectivity index (χ1) is 18.1. The number of alkyl halides is 2. The van der Waals surface area contributed by atoms with Gasteiger partial charge in [0.2, 0.25) is 17.8 Å². The van der Waals surface area contributed by atoms with Crippen LogP contribution in [0, 0.1) is 18.7 Å². The monoisotopic (exact) mass is 530 g/mol. The summed E-state index contributed by atoms with van der Waals surface area (Å²) in [6.45, 7) is 1.57. The van der Waals surface area contributed by atoms with Crippen molar-refractivity contribution in [2.75, 3.05) is 16.8 Å². The van der Waals surface area contributed by atoms with Crippen molar-refractivity contribution in [1.29, 1.82) is 0 Å². The molecule has 0 spiro atoms. The van der Waals surface area contributed by atoms with Crippen LogP contribution in [-0.2, 0) is 4.79 Å². The highest BCUT2D eigenvalue weighted by Crippen LogP contribution is 2.35. The Morgan fingerprint density at radius 1 is 1.11 bits per heavy atom. The molecule has 6 nitrogen and oxygen atoms in total. The van der Waals surface area contributed by atoms with E-state index in [-0.39, 0.29) is 43.6 Å². The van der Waals surface area contributed by atoms with E-state index in [4.69, 9.17) is 0 Å². The summed E-state index contributed by atoms with van der Waals surface area (Å²) in [4.78, 5) is 18.7. The molecule has 1 amide bonds. The van der Waals surface area contributed by atoms with Crippen LogP contribution in [0.1, 0.15) is 42.9 Å². The number of aliphatic hydroxyl groups is 1. The second-order valence-corrected chi connectivity index (χ2v) is 9.49. The Bertz CT molecular complexity index is 1250. The Morgan fingerprint density at radius 3 is 2.53 bits per heavy atom. The molecular weight excluding hydrogens is 500 g/mol. The van der Waals surface area contributed by atoms with E-state index in [1.807, 2.05) is 0 Å². The highest BCUT2D eigenvalue weighted by atomic mass is 19.3. The number of aromatic nitrogens is 1. The third-order valence-corrected chi connectivity index (χ3v) is 6.73. The van der Waals surface area contributed by atoms with Gasteiger partial charge in [0, 0.05) is 30.8 Å². The number of amides is 1. The normalized spacial score (nSPS) is 16.9. The fourth-order valence-electron chi connectivity index (χ4n) is 4.72. The van der Waals surface area contributed by atoms with Crippen LogP contribution in [0.25, 0.3) is 0 Å². The molecule has 3 aromatic rings. The molecule has 1 aliphatic carbocycles. The number of carbonyl (C=O) groups excluding carboxylic acids is 1. The topological polar surface area (TPSA) is 77.5 Å². The summed E-state index contributed by atoms with van der Waals surface area (Å²) in [5.41, 5.74) is 1.54. The number of rotatable bonds is 9. The summed E-state index contributed by atoms with van der Waals surface area (Å²) in [5.74, 6) is -4.62. The minimum Gasteiger partial charge on any atom is -0.377 e. The van der Waals surface area contributed by atoms with Crippen LogP contribution >= 0.6 is 0 Å². The Hall–Kier alpha value is -3.66. The predicted molar refractivity (Wildman–Crippen MR) is 137 cm³/mol. The van der Waals surface area contributed by atoms with E-state index in [0.717, 1.165) is 5.56 Å². The van der Waals surface area contributed by atoms with E-state index >= 15 is 0 Å². The van der Waals surface area contributed by atoms with Gasteiger partial charge < -0.3 is 20.6 Å². The fourth-order valence-corrected chi connectivity index (χ4v) is 4.72. The molecule has 1 aromatic heterocycles. The maximum Gasteiger partial charge on any atom is 0.248 e. The SMILES string of the molecule is Cc1ccccc1C(C(=O)NC1CCC(F)(F)CC1)N(c1cccc(F)c1)C(O)CNc1cccnc1F. The van der Waals surface area contributed by atoms with Crippen LogP contribution in [-0.4, -0.2) is 40.7 Å². The molecule has 0 saturated heterocycles. The molecule has 10 heteroatoms. The van der Waals surface area contributed by atoms with Gasteiger partial charge in [-0.2, -0.15) is 4.39 Å². The third-order valence-electron chi connectivity index (χ3n) is 6.73. The van der Waals surface area contributed by atoms with Crippen molar-refractivity contribution in [3.63, 3.8) is 0 Å².